The molecule has 1 aliphatic heterocycles. The van der Waals surface area contributed by atoms with Gasteiger partial charge >= 0.3 is 0 Å². The number of rotatable bonds is 6. The van der Waals surface area contributed by atoms with Gasteiger partial charge in [-0.15, -0.1) is 0 Å². The number of hydrogen-bond acceptors (Lipinski definition) is 2. The van der Waals surface area contributed by atoms with E-state index in [1.165, 1.54) is 5.56 Å². The third-order valence-electron chi connectivity index (χ3n) is 3.91. The first-order chi connectivity index (χ1) is 9.61. The molecule has 1 aromatic carbocycles. The molecule has 0 saturated carbocycles. The highest BCUT2D eigenvalue weighted by Gasteiger charge is 2.28. The normalized spacial score (nSPS) is 16.6. The van der Waals surface area contributed by atoms with Crippen LogP contribution in [0.3, 0.4) is 0 Å². The summed E-state index contributed by atoms with van der Waals surface area (Å²) in [5, 5.41) is 3.25. The van der Waals surface area contributed by atoms with Crippen molar-refractivity contribution < 1.29 is 4.79 Å². The third kappa shape index (κ3) is 3.83. The van der Waals surface area contributed by atoms with Crippen molar-refractivity contribution in [3.05, 3.63) is 34.3 Å². The number of carbonyl (C=O) groups is 1. The number of carbonyl (C=O) groups excluding carboxylic acids is 1. The average molecular weight is 339 g/mol. The zero-order valence-electron chi connectivity index (χ0n) is 12.2. The fraction of sp³-hybridized carbons (Fsp3) is 0.562. The molecule has 3 nitrogen and oxygen atoms in total. The maximum atomic E-state index is 12.5. The molecule has 20 heavy (non-hydrogen) atoms. The molecule has 1 unspecified atom stereocenters. The molecule has 1 atom stereocenters. The first kappa shape index (κ1) is 15.5. The molecule has 1 aromatic rings. The molecule has 2 rings (SSSR count). The minimum Gasteiger partial charge on any atom is -0.337 e. The molecule has 4 heteroatoms. The van der Waals surface area contributed by atoms with Crippen LogP contribution < -0.4 is 5.32 Å². The van der Waals surface area contributed by atoms with Crippen LogP contribution in [0.4, 0.5) is 0 Å². The van der Waals surface area contributed by atoms with Crippen LogP contribution in [-0.2, 0) is 4.79 Å². The van der Waals surface area contributed by atoms with Crippen molar-refractivity contribution in [1.29, 1.82) is 0 Å². The van der Waals surface area contributed by atoms with Crippen LogP contribution >= 0.6 is 15.9 Å². The van der Waals surface area contributed by atoms with Gasteiger partial charge in [0, 0.05) is 30.5 Å². The zero-order valence-corrected chi connectivity index (χ0v) is 13.8. The van der Waals surface area contributed by atoms with Crippen molar-refractivity contribution in [2.75, 3.05) is 19.6 Å². The summed E-state index contributed by atoms with van der Waals surface area (Å²) in [7, 11) is 0. The van der Waals surface area contributed by atoms with Gasteiger partial charge in [-0.1, -0.05) is 41.9 Å². The molecule has 1 heterocycles. The number of nitrogens with zero attached hydrogens (tertiary/aromatic N) is 1. The van der Waals surface area contributed by atoms with Gasteiger partial charge in [-0.05, 0) is 30.0 Å². The van der Waals surface area contributed by atoms with Gasteiger partial charge in [-0.3, -0.25) is 4.79 Å². The van der Waals surface area contributed by atoms with E-state index in [-0.39, 0.29) is 11.8 Å². The Morgan fingerprint density at radius 2 is 2.05 bits per heavy atom. The Bertz CT molecular complexity index is 442. The van der Waals surface area contributed by atoms with Crippen molar-refractivity contribution in [2.24, 2.45) is 0 Å². The molecular formula is C16H23BrN2O. The van der Waals surface area contributed by atoms with Crippen LogP contribution in [0.5, 0.6) is 0 Å². The van der Waals surface area contributed by atoms with Gasteiger partial charge < -0.3 is 10.2 Å². The molecule has 1 amide bonds. The van der Waals surface area contributed by atoms with Gasteiger partial charge in [0.1, 0.15) is 0 Å². The van der Waals surface area contributed by atoms with Gasteiger partial charge in [0.15, 0.2) is 0 Å². The lowest BCUT2D eigenvalue weighted by molar-refractivity contribution is -0.135. The molecule has 0 aliphatic carbocycles. The first-order valence-corrected chi connectivity index (χ1v) is 8.16. The van der Waals surface area contributed by atoms with Gasteiger partial charge in [-0.2, -0.15) is 0 Å². The SMILES string of the molecule is CCCN(C(=O)CC(C)c1ccc(Br)cc1)C1CNC1. The van der Waals surface area contributed by atoms with Crippen molar-refractivity contribution in [2.45, 2.75) is 38.6 Å². The highest BCUT2D eigenvalue weighted by molar-refractivity contribution is 9.10. The number of hydrogen-bond donors (Lipinski definition) is 1. The van der Waals surface area contributed by atoms with E-state index in [1.54, 1.807) is 0 Å². The summed E-state index contributed by atoms with van der Waals surface area (Å²) in [5.74, 6) is 0.553. The molecule has 0 spiro atoms. The van der Waals surface area contributed by atoms with E-state index >= 15 is 0 Å². The average Bonchev–Trinajstić information content (AvgIpc) is 2.36. The highest BCUT2D eigenvalue weighted by Crippen LogP contribution is 2.23. The molecule has 1 N–H and O–H groups in total. The number of nitrogens with one attached hydrogen (secondary N) is 1. The standard InChI is InChI=1S/C16H23BrN2O/c1-3-8-19(15-10-18-11-15)16(20)9-12(2)13-4-6-14(17)7-5-13/h4-7,12,15,18H,3,8-11H2,1-2H3. The second-order valence-corrected chi connectivity index (χ2v) is 6.47. The molecule has 0 aromatic heterocycles. The van der Waals surface area contributed by atoms with E-state index in [0.717, 1.165) is 30.5 Å². The summed E-state index contributed by atoms with van der Waals surface area (Å²) in [6.45, 7) is 7.02. The van der Waals surface area contributed by atoms with E-state index in [0.29, 0.717) is 12.5 Å². The van der Waals surface area contributed by atoms with E-state index in [9.17, 15) is 4.79 Å². The van der Waals surface area contributed by atoms with Crippen molar-refractivity contribution in [1.82, 2.24) is 10.2 Å². The second kappa shape index (κ2) is 7.23. The fourth-order valence-corrected chi connectivity index (χ4v) is 2.80. The van der Waals surface area contributed by atoms with Crippen molar-refractivity contribution >= 4 is 21.8 Å². The Kier molecular flexibility index (Phi) is 5.61. The minimum absolute atomic E-state index is 0.267. The monoisotopic (exact) mass is 338 g/mol. The van der Waals surface area contributed by atoms with E-state index in [1.807, 2.05) is 12.1 Å². The second-order valence-electron chi connectivity index (χ2n) is 5.56. The summed E-state index contributed by atoms with van der Waals surface area (Å²) in [4.78, 5) is 14.6. The summed E-state index contributed by atoms with van der Waals surface area (Å²) in [6, 6.07) is 8.67. The van der Waals surface area contributed by atoms with Crippen molar-refractivity contribution in [3.8, 4) is 0 Å². The number of halogens is 1. The third-order valence-corrected chi connectivity index (χ3v) is 4.43. The first-order valence-electron chi connectivity index (χ1n) is 7.37. The van der Waals surface area contributed by atoms with Crippen LogP contribution in [0.15, 0.2) is 28.7 Å². The number of amides is 1. The lowest BCUT2D eigenvalue weighted by atomic mass is 9.96. The molecule has 1 saturated heterocycles. The van der Waals surface area contributed by atoms with Gasteiger partial charge in [0.25, 0.3) is 0 Å². The Morgan fingerprint density at radius 1 is 1.40 bits per heavy atom. The van der Waals surface area contributed by atoms with E-state index < -0.39 is 0 Å². The smallest absolute Gasteiger partial charge is 0.223 e. The largest absolute Gasteiger partial charge is 0.337 e. The lowest BCUT2D eigenvalue weighted by Crippen LogP contribution is -2.59. The lowest BCUT2D eigenvalue weighted by Gasteiger charge is -2.38. The highest BCUT2D eigenvalue weighted by atomic mass is 79.9. The molecule has 0 bridgehead atoms. The van der Waals surface area contributed by atoms with Crippen LogP contribution in [0.25, 0.3) is 0 Å². The van der Waals surface area contributed by atoms with Gasteiger partial charge in [-0.25, -0.2) is 0 Å². The Labute approximate surface area is 129 Å². The maximum absolute atomic E-state index is 12.5. The maximum Gasteiger partial charge on any atom is 0.223 e. The Balaban J connectivity index is 1.96. The molecular weight excluding hydrogens is 316 g/mol. The zero-order chi connectivity index (χ0) is 14.5. The van der Waals surface area contributed by atoms with Crippen LogP contribution in [0.1, 0.15) is 38.2 Å². The molecule has 0 radical (unpaired) electrons. The van der Waals surface area contributed by atoms with Crippen LogP contribution in [0, 0.1) is 0 Å². The summed E-state index contributed by atoms with van der Waals surface area (Å²) in [5.41, 5.74) is 1.23. The minimum atomic E-state index is 0.267. The molecule has 1 aliphatic rings. The quantitative estimate of drug-likeness (QED) is 0.864. The Hall–Kier alpha value is -0.870. The van der Waals surface area contributed by atoms with E-state index in [4.69, 9.17) is 0 Å². The van der Waals surface area contributed by atoms with Gasteiger partial charge in [0.2, 0.25) is 5.91 Å². The topological polar surface area (TPSA) is 32.3 Å². The molecule has 1 fully saturated rings. The Morgan fingerprint density at radius 3 is 2.55 bits per heavy atom. The predicted octanol–water partition coefficient (Wildman–Crippen LogP) is 3.15. The molecule has 110 valence electrons. The summed E-state index contributed by atoms with van der Waals surface area (Å²) in [6.07, 6.45) is 1.62. The van der Waals surface area contributed by atoms with Crippen molar-refractivity contribution in [3.63, 3.8) is 0 Å². The predicted molar refractivity (Wildman–Crippen MR) is 85.8 cm³/mol. The van der Waals surface area contributed by atoms with E-state index in [2.05, 4.69) is 52.1 Å². The van der Waals surface area contributed by atoms with Gasteiger partial charge in [0.05, 0.1) is 6.04 Å². The number of benzene rings is 1. The summed E-state index contributed by atoms with van der Waals surface area (Å²) < 4.78 is 1.08. The van der Waals surface area contributed by atoms with Crippen LogP contribution in [-0.4, -0.2) is 36.5 Å². The fourth-order valence-electron chi connectivity index (χ4n) is 2.53. The summed E-state index contributed by atoms with van der Waals surface area (Å²) >= 11 is 3.44. The van der Waals surface area contributed by atoms with Crippen LogP contribution in [0.2, 0.25) is 0 Å².